The van der Waals surface area contributed by atoms with E-state index in [0.29, 0.717) is 49.5 Å². The number of benzene rings is 1. The van der Waals surface area contributed by atoms with Gasteiger partial charge in [0.15, 0.2) is 11.5 Å². The summed E-state index contributed by atoms with van der Waals surface area (Å²) in [5.41, 5.74) is 0.679. The number of anilines is 1. The predicted molar refractivity (Wildman–Crippen MR) is 84.7 cm³/mol. The maximum absolute atomic E-state index is 11.8. The van der Waals surface area contributed by atoms with Crippen molar-refractivity contribution >= 4 is 11.7 Å². The number of rotatable bonds is 7. The van der Waals surface area contributed by atoms with Crippen molar-refractivity contribution in [2.24, 2.45) is 5.92 Å². The molecule has 6 nitrogen and oxygen atoms in total. The summed E-state index contributed by atoms with van der Waals surface area (Å²) in [5.74, 6) is 1.90. The van der Waals surface area contributed by atoms with Gasteiger partial charge in [0, 0.05) is 31.5 Å². The zero-order valence-corrected chi connectivity index (χ0v) is 13.2. The van der Waals surface area contributed by atoms with Crippen LogP contribution in [0.15, 0.2) is 18.2 Å². The Hall–Kier alpha value is -1.95. The predicted octanol–water partition coefficient (Wildman–Crippen LogP) is 2.64. The quantitative estimate of drug-likeness (QED) is 0.760. The zero-order chi connectivity index (χ0) is 15.8. The Balaban J connectivity index is 1.66. The van der Waals surface area contributed by atoms with Crippen LogP contribution in [-0.2, 0) is 4.74 Å². The van der Waals surface area contributed by atoms with E-state index in [2.05, 4.69) is 24.5 Å². The van der Waals surface area contributed by atoms with Crippen molar-refractivity contribution in [3.8, 4) is 11.5 Å². The van der Waals surface area contributed by atoms with Crippen molar-refractivity contribution in [1.29, 1.82) is 0 Å². The van der Waals surface area contributed by atoms with Gasteiger partial charge in [0.05, 0.1) is 0 Å². The van der Waals surface area contributed by atoms with Crippen LogP contribution in [0.25, 0.3) is 0 Å². The highest BCUT2D eigenvalue weighted by Gasteiger charge is 2.12. The molecule has 0 spiro atoms. The Labute approximate surface area is 131 Å². The molecule has 0 saturated heterocycles. The number of carbonyl (C=O) groups is 1. The van der Waals surface area contributed by atoms with Gasteiger partial charge in [-0.1, -0.05) is 13.8 Å². The molecule has 0 unspecified atom stereocenters. The minimum absolute atomic E-state index is 0.236. The first-order chi connectivity index (χ1) is 10.6. The van der Waals surface area contributed by atoms with E-state index in [1.54, 1.807) is 18.2 Å². The molecule has 1 aromatic rings. The topological polar surface area (TPSA) is 68.8 Å². The third-order valence-corrected chi connectivity index (χ3v) is 3.00. The van der Waals surface area contributed by atoms with Crippen molar-refractivity contribution in [2.45, 2.75) is 20.3 Å². The average molecular weight is 308 g/mol. The molecule has 0 radical (unpaired) electrons. The minimum atomic E-state index is -0.236. The van der Waals surface area contributed by atoms with E-state index in [1.807, 2.05) is 0 Å². The van der Waals surface area contributed by atoms with Crippen LogP contribution in [-0.4, -0.2) is 39.0 Å². The first-order valence-corrected chi connectivity index (χ1v) is 7.67. The third-order valence-electron chi connectivity index (χ3n) is 3.00. The maximum atomic E-state index is 11.8. The molecule has 0 fully saturated rings. The Kier molecular flexibility index (Phi) is 6.33. The normalized spacial score (nSPS) is 13.0. The number of fused-ring (bicyclic) bond motifs is 1. The van der Waals surface area contributed by atoms with Gasteiger partial charge in [-0.25, -0.2) is 4.79 Å². The molecule has 1 aliphatic rings. The molecule has 122 valence electrons. The number of amides is 2. The molecule has 6 heteroatoms. The summed E-state index contributed by atoms with van der Waals surface area (Å²) >= 11 is 0. The Morgan fingerprint density at radius 1 is 1.27 bits per heavy atom. The number of hydrogen-bond donors (Lipinski definition) is 2. The minimum Gasteiger partial charge on any atom is -0.486 e. The second-order valence-corrected chi connectivity index (χ2v) is 5.56. The number of hydrogen-bond acceptors (Lipinski definition) is 4. The van der Waals surface area contributed by atoms with Crippen molar-refractivity contribution in [2.75, 3.05) is 38.3 Å². The fourth-order valence-corrected chi connectivity index (χ4v) is 1.99. The average Bonchev–Trinajstić information content (AvgIpc) is 2.50. The number of carbonyl (C=O) groups excluding carboxylic acids is 1. The summed E-state index contributed by atoms with van der Waals surface area (Å²) in [6, 6.07) is 5.11. The molecular weight excluding hydrogens is 284 g/mol. The van der Waals surface area contributed by atoms with Gasteiger partial charge in [-0.3, -0.25) is 0 Å². The standard InChI is InChI=1S/C16H24N2O4/c1-12(2)11-20-7-3-6-17-16(19)18-13-4-5-14-15(10-13)22-9-8-21-14/h4-5,10,12H,3,6-9,11H2,1-2H3,(H2,17,18,19). The number of nitrogens with one attached hydrogen (secondary N) is 2. The summed E-state index contributed by atoms with van der Waals surface area (Å²) in [4.78, 5) is 11.8. The maximum Gasteiger partial charge on any atom is 0.319 e. The second-order valence-electron chi connectivity index (χ2n) is 5.56. The molecule has 0 saturated carbocycles. The summed E-state index contributed by atoms with van der Waals surface area (Å²) in [6.07, 6.45) is 0.793. The molecule has 2 N–H and O–H groups in total. The van der Waals surface area contributed by atoms with Gasteiger partial charge in [0.2, 0.25) is 0 Å². The monoisotopic (exact) mass is 308 g/mol. The largest absolute Gasteiger partial charge is 0.486 e. The summed E-state index contributed by atoms with van der Waals surface area (Å²) in [7, 11) is 0. The van der Waals surface area contributed by atoms with E-state index in [4.69, 9.17) is 14.2 Å². The molecule has 0 aromatic heterocycles. The van der Waals surface area contributed by atoms with Crippen LogP contribution < -0.4 is 20.1 Å². The fourth-order valence-electron chi connectivity index (χ4n) is 1.99. The van der Waals surface area contributed by atoms with Gasteiger partial charge in [0.1, 0.15) is 13.2 Å². The van der Waals surface area contributed by atoms with Crippen LogP contribution in [0.4, 0.5) is 10.5 Å². The third kappa shape index (κ3) is 5.44. The summed E-state index contributed by atoms with van der Waals surface area (Å²) < 4.78 is 16.4. The van der Waals surface area contributed by atoms with Crippen LogP contribution in [0.1, 0.15) is 20.3 Å². The smallest absolute Gasteiger partial charge is 0.319 e. The van der Waals surface area contributed by atoms with Gasteiger partial charge in [0.25, 0.3) is 0 Å². The van der Waals surface area contributed by atoms with E-state index in [-0.39, 0.29) is 6.03 Å². The number of ether oxygens (including phenoxy) is 3. The highest BCUT2D eigenvalue weighted by molar-refractivity contribution is 5.89. The number of urea groups is 1. The van der Waals surface area contributed by atoms with E-state index in [9.17, 15) is 4.79 Å². The molecule has 2 amide bonds. The van der Waals surface area contributed by atoms with Crippen LogP contribution in [0.2, 0.25) is 0 Å². The van der Waals surface area contributed by atoms with Crippen LogP contribution >= 0.6 is 0 Å². The SMILES string of the molecule is CC(C)COCCCNC(=O)Nc1ccc2c(c1)OCCO2. The second kappa shape index (κ2) is 8.48. The molecule has 2 rings (SSSR count). The first kappa shape index (κ1) is 16.4. The van der Waals surface area contributed by atoms with Crippen molar-refractivity contribution in [3.05, 3.63) is 18.2 Å². The van der Waals surface area contributed by atoms with Crippen LogP contribution in [0.5, 0.6) is 11.5 Å². The van der Waals surface area contributed by atoms with Crippen molar-refractivity contribution in [1.82, 2.24) is 5.32 Å². The van der Waals surface area contributed by atoms with Gasteiger partial charge in [-0.05, 0) is 24.5 Å². The highest BCUT2D eigenvalue weighted by Crippen LogP contribution is 2.32. The van der Waals surface area contributed by atoms with Crippen LogP contribution in [0.3, 0.4) is 0 Å². The highest BCUT2D eigenvalue weighted by atomic mass is 16.6. The van der Waals surface area contributed by atoms with Crippen molar-refractivity contribution < 1.29 is 19.0 Å². The zero-order valence-electron chi connectivity index (χ0n) is 13.2. The lowest BCUT2D eigenvalue weighted by molar-refractivity contribution is 0.108. The lowest BCUT2D eigenvalue weighted by Crippen LogP contribution is -2.30. The van der Waals surface area contributed by atoms with E-state index < -0.39 is 0 Å². The van der Waals surface area contributed by atoms with Gasteiger partial charge in [-0.15, -0.1) is 0 Å². The van der Waals surface area contributed by atoms with E-state index in [0.717, 1.165) is 13.0 Å². The lowest BCUT2D eigenvalue weighted by atomic mass is 10.2. The molecular formula is C16H24N2O4. The van der Waals surface area contributed by atoms with E-state index >= 15 is 0 Å². The Bertz CT molecular complexity index is 491. The van der Waals surface area contributed by atoms with Gasteiger partial charge >= 0.3 is 6.03 Å². The molecule has 0 aliphatic carbocycles. The summed E-state index contributed by atoms with van der Waals surface area (Å²) in [6.45, 7) is 7.29. The molecule has 0 atom stereocenters. The van der Waals surface area contributed by atoms with Gasteiger partial charge in [-0.2, -0.15) is 0 Å². The Morgan fingerprint density at radius 2 is 2.05 bits per heavy atom. The first-order valence-electron chi connectivity index (χ1n) is 7.67. The summed E-state index contributed by atoms with van der Waals surface area (Å²) in [5, 5.41) is 5.57. The lowest BCUT2D eigenvalue weighted by Gasteiger charge is -2.19. The molecule has 0 bridgehead atoms. The molecule has 1 aromatic carbocycles. The van der Waals surface area contributed by atoms with Gasteiger partial charge < -0.3 is 24.8 Å². The molecule has 1 heterocycles. The molecule has 1 aliphatic heterocycles. The fraction of sp³-hybridized carbons (Fsp3) is 0.562. The van der Waals surface area contributed by atoms with E-state index in [1.165, 1.54) is 0 Å². The van der Waals surface area contributed by atoms with Crippen molar-refractivity contribution in [3.63, 3.8) is 0 Å². The molecule has 22 heavy (non-hydrogen) atoms. The van der Waals surface area contributed by atoms with Crippen LogP contribution in [0, 0.1) is 5.92 Å². The Morgan fingerprint density at radius 3 is 2.82 bits per heavy atom.